The first-order valence-corrected chi connectivity index (χ1v) is 7.04. The van der Waals surface area contributed by atoms with Crippen LogP contribution >= 0.6 is 0 Å². The van der Waals surface area contributed by atoms with Crippen molar-refractivity contribution in [3.8, 4) is 5.69 Å². The summed E-state index contributed by atoms with van der Waals surface area (Å²) >= 11 is 0. The first-order chi connectivity index (χ1) is 9.63. The number of para-hydroxylation sites is 1. The number of benzene rings is 1. The second-order valence-corrected chi connectivity index (χ2v) is 5.21. The minimum Gasteiger partial charge on any atom is -0.352 e. The molecule has 0 aliphatic heterocycles. The number of amides is 1. The molecule has 0 spiro atoms. The van der Waals surface area contributed by atoms with Crippen LogP contribution in [0.3, 0.4) is 0 Å². The summed E-state index contributed by atoms with van der Waals surface area (Å²) in [6, 6.07) is 9.88. The van der Waals surface area contributed by atoms with Gasteiger partial charge in [0.05, 0.1) is 23.1 Å². The molecule has 0 bridgehead atoms. The van der Waals surface area contributed by atoms with Crippen molar-refractivity contribution in [2.24, 2.45) is 5.92 Å². The molecule has 1 aromatic heterocycles. The number of hydrogen-bond donors (Lipinski definition) is 1. The highest BCUT2D eigenvalue weighted by atomic mass is 16.1. The van der Waals surface area contributed by atoms with E-state index in [0.29, 0.717) is 18.0 Å². The van der Waals surface area contributed by atoms with Crippen LogP contribution in [0.25, 0.3) is 5.69 Å². The molecule has 0 aliphatic carbocycles. The summed E-state index contributed by atoms with van der Waals surface area (Å²) in [5.41, 5.74) is 2.58. The van der Waals surface area contributed by atoms with Crippen molar-refractivity contribution >= 4 is 5.91 Å². The van der Waals surface area contributed by atoms with Crippen LogP contribution in [0, 0.1) is 5.92 Å². The van der Waals surface area contributed by atoms with Gasteiger partial charge in [0.15, 0.2) is 0 Å². The number of carbonyl (C=O) groups is 1. The summed E-state index contributed by atoms with van der Waals surface area (Å²) in [6.45, 7) is 6.87. The summed E-state index contributed by atoms with van der Waals surface area (Å²) in [7, 11) is 0. The van der Waals surface area contributed by atoms with Gasteiger partial charge >= 0.3 is 0 Å². The molecule has 4 heteroatoms. The lowest BCUT2D eigenvalue weighted by atomic mass is 10.1. The van der Waals surface area contributed by atoms with Crippen LogP contribution in [-0.2, 0) is 6.42 Å². The zero-order valence-electron chi connectivity index (χ0n) is 12.3. The van der Waals surface area contributed by atoms with Gasteiger partial charge in [0.25, 0.3) is 5.91 Å². The quantitative estimate of drug-likeness (QED) is 0.909. The molecule has 106 valence electrons. The largest absolute Gasteiger partial charge is 0.352 e. The van der Waals surface area contributed by atoms with E-state index in [1.807, 2.05) is 41.9 Å². The zero-order valence-corrected chi connectivity index (χ0v) is 12.3. The van der Waals surface area contributed by atoms with Crippen LogP contribution in [0.5, 0.6) is 0 Å². The molecule has 1 aromatic carbocycles. The van der Waals surface area contributed by atoms with Crippen LogP contribution in [0.15, 0.2) is 36.5 Å². The number of rotatable bonds is 5. The molecule has 0 fully saturated rings. The molecular weight excluding hydrogens is 250 g/mol. The van der Waals surface area contributed by atoms with E-state index in [1.54, 1.807) is 6.20 Å². The van der Waals surface area contributed by atoms with Gasteiger partial charge in [0.1, 0.15) is 0 Å². The monoisotopic (exact) mass is 271 g/mol. The number of nitrogens with zero attached hydrogens (tertiary/aromatic N) is 2. The maximum Gasteiger partial charge on any atom is 0.254 e. The van der Waals surface area contributed by atoms with Gasteiger partial charge in [0, 0.05) is 6.54 Å². The molecular formula is C16H21N3O. The van der Waals surface area contributed by atoms with Crippen LogP contribution in [-0.4, -0.2) is 22.2 Å². The standard InChI is InChI=1S/C16H21N3O/c1-4-15-14(16(20)17-10-12(2)3)11-18-19(15)13-8-6-5-7-9-13/h5-9,11-12H,4,10H2,1-3H3,(H,17,20). The molecule has 1 amide bonds. The third-order valence-corrected chi connectivity index (χ3v) is 3.12. The topological polar surface area (TPSA) is 46.9 Å². The molecule has 0 saturated heterocycles. The van der Waals surface area contributed by atoms with Crippen molar-refractivity contribution in [1.82, 2.24) is 15.1 Å². The Morgan fingerprint density at radius 1 is 1.30 bits per heavy atom. The van der Waals surface area contributed by atoms with Crippen molar-refractivity contribution in [1.29, 1.82) is 0 Å². The van der Waals surface area contributed by atoms with Crippen LogP contribution < -0.4 is 5.32 Å². The molecule has 20 heavy (non-hydrogen) atoms. The van der Waals surface area contributed by atoms with E-state index in [1.165, 1.54) is 0 Å². The van der Waals surface area contributed by atoms with Crippen molar-refractivity contribution in [2.75, 3.05) is 6.54 Å². The average molecular weight is 271 g/mol. The molecule has 0 radical (unpaired) electrons. The third-order valence-electron chi connectivity index (χ3n) is 3.12. The average Bonchev–Trinajstić information content (AvgIpc) is 2.89. The number of carbonyl (C=O) groups excluding carboxylic acids is 1. The number of nitrogens with one attached hydrogen (secondary N) is 1. The van der Waals surface area contributed by atoms with Crippen LogP contribution in [0.1, 0.15) is 36.8 Å². The fraction of sp³-hybridized carbons (Fsp3) is 0.375. The summed E-state index contributed by atoms with van der Waals surface area (Å²) in [4.78, 5) is 12.2. The molecule has 0 saturated carbocycles. The molecule has 0 unspecified atom stereocenters. The zero-order chi connectivity index (χ0) is 14.5. The van der Waals surface area contributed by atoms with Crippen LogP contribution in [0.2, 0.25) is 0 Å². The van der Waals surface area contributed by atoms with Crippen LogP contribution in [0.4, 0.5) is 0 Å². The van der Waals surface area contributed by atoms with E-state index in [2.05, 4.69) is 24.3 Å². The van der Waals surface area contributed by atoms with Gasteiger partial charge in [-0.1, -0.05) is 39.0 Å². The number of aromatic nitrogens is 2. The Morgan fingerprint density at radius 3 is 2.60 bits per heavy atom. The van der Waals surface area contributed by atoms with Gasteiger partial charge in [-0.25, -0.2) is 4.68 Å². The second-order valence-electron chi connectivity index (χ2n) is 5.21. The highest BCUT2D eigenvalue weighted by molar-refractivity contribution is 5.95. The normalized spacial score (nSPS) is 10.8. The predicted molar refractivity (Wildman–Crippen MR) is 80.1 cm³/mol. The Bertz CT molecular complexity index is 573. The van der Waals surface area contributed by atoms with E-state index in [-0.39, 0.29) is 5.91 Å². The summed E-state index contributed by atoms with van der Waals surface area (Å²) < 4.78 is 1.84. The van der Waals surface area contributed by atoms with E-state index in [9.17, 15) is 4.79 Å². The predicted octanol–water partition coefficient (Wildman–Crippen LogP) is 2.82. The molecule has 0 atom stereocenters. The summed E-state index contributed by atoms with van der Waals surface area (Å²) in [6.07, 6.45) is 2.42. The Hall–Kier alpha value is -2.10. The van der Waals surface area contributed by atoms with Gasteiger partial charge in [-0.05, 0) is 24.5 Å². The summed E-state index contributed by atoms with van der Waals surface area (Å²) in [5.74, 6) is 0.394. The maximum atomic E-state index is 12.2. The lowest BCUT2D eigenvalue weighted by molar-refractivity contribution is 0.0948. The maximum absolute atomic E-state index is 12.2. The first kappa shape index (κ1) is 14.3. The highest BCUT2D eigenvalue weighted by Crippen LogP contribution is 2.15. The Balaban J connectivity index is 2.28. The Morgan fingerprint density at radius 2 is 2.00 bits per heavy atom. The minimum atomic E-state index is -0.0438. The first-order valence-electron chi connectivity index (χ1n) is 7.04. The van der Waals surface area contributed by atoms with Gasteiger partial charge in [0.2, 0.25) is 0 Å². The molecule has 2 rings (SSSR count). The van der Waals surface area contributed by atoms with Gasteiger partial charge in [-0.2, -0.15) is 5.10 Å². The second kappa shape index (κ2) is 6.37. The van der Waals surface area contributed by atoms with Gasteiger partial charge < -0.3 is 5.32 Å². The third kappa shape index (κ3) is 3.07. The fourth-order valence-electron chi connectivity index (χ4n) is 2.09. The lowest BCUT2D eigenvalue weighted by Crippen LogP contribution is -2.28. The lowest BCUT2D eigenvalue weighted by Gasteiger charge is -2.09. The molecule has 4 nitrogen and oxygen atoms in total. The molecule has 1 N–H and O–H groups in total. The van der Waals surface area contributed by atoms with E-state index in [4.69, 9.17) is 0 Å². The van der Waals surface area contributed by atoms with Gasteiger partial charge in [-0.15, -0.1) is 0 Å². The Kier molecular flexibility index (Phi) is 4.56. The molecule has 1 heterocycles. The van der Waals surface area contributed by atoms with Crippen molar-refractivity contribution < 1.29 is 4.79 Å². The van der Waals surface area contributed by atoms with E-state index in [0.717, 1.165) is 17.8 Å². The Labute approximate surface area is 119 Å². The van der Waals surface area contributed by atoms with E-state index < -0.39 is 0 Å². The van der Waals surface area contributed by atoms with Crippen molar-refractivity contribution in [3.05, 3.63) is 47.8 Å². The summed E-state index contributed by atoms with van der Waals surface area (Å²) in [5, 5.41) is 7.31. The smallest absolute Gasteiger partial charge is 0.254 e. The van der Waals surface area contributed by atoms with Crippen molar-refractivity contribution in [2.45, 2.75) is 27.2 Å². The highest BCUT2D eigenvalue weighted by Gasteiger charge is 2.16. The fourth-order valence-corrected chi connectivity index (χ4v) is 2.09. The minimum absolute atomic E-state index is 0.0438. The number of hydrogen-bond acceptors (Lipinski definition) is 2. The SMILES string of the molecule is CCc1c(C(=O)NCC(C)C)cnn1-c1ccccc1. The molecule has 2 aromatic rings. The van der Waals surface area contributed by atoms with Gasteiger partial charge in [-0.3, -0.25) is 4.79 Å². The van der Waals surface area contributed by atoms with E-state index >= 15 is 0 Å². The molecule has 0 aliphatic rings. The van der Waals surface area contributed by atoms with Crippen molar-refractivity contribution in [3.63, 3.8) is 0 Å².